The van der Waals surface area contributed by atoms with Gasteiger partial charge in [0, 0.05) is 14.5 Å². The lowest BCUT2D eigenvalue weighted by molar-refractivity contribution is 0.275. The Morgan fingerprint density at radius 2 is 2.00 bits per heavy atom. The van der Waals surface area contributed by atoms with Gasteiger partial charge in [0.05, 0.1) is 6.61 Å². The minimum Gasteiger partial charge on any atom is -0.392 e. The van der Waals surface area contributed by atoms with E-state index >= 15 is 0 Å². The summed E-state index contributed by atoms with van der Waals surface area (Å²) in [6.45, 7) is -0.292. The lowest BCUT2D eigenvalue weighted by Crippen LogP contribution is -1.90. The van der Waals surface area contributed by atoms with Crippen LogP contribution in [-0.2, 0) is 6.61 Å². The highest BCUT2D eigenvalue weighted by Gasteiger charge is 2.06. The van der Waals surface area contributed by atoms with Crippen LogP contribution in [0.2, 0.25) is 0 Å². The van der Waals surface area contributed by atoms with Crippen LogP contribution in [0.15, 0.2) is 21.1 Å². The monoisotopic (exact) mass is 282 g/mol. The second-order valence-corrected chi connectivity index (χ2v) is 3.78. The molecule has 0 heterocycles. The molecule has 60 valence electrons. The van der Waals surface area contributed by atoms with Crippen LogP contribution >= 0.6 is 31.9 Å². The van der Waals surface area contributed by atoms with Gasteiger partial charge in [0.15, 0.2) is 0 Å². The molecule has 1 nitrogen and oxygen atoms in total. The lowest BCUT2D eigenvalue weighted by Gasteiger charge is -2.02. The van der Waals surface area contributed by atoms with Crippen LogP contribution in [0.1, 0.15) is 5.56 Å². The van der Waals surface area contributed by atoms with Crippen LogP contribution in [0.3, 0.4) is 0 Å². The van der Waals surface area contributed by atoms with Crippen molar-refractivity contribution in [1.82, 2.24) is 0 Å². The predicted octanol–water partition coefficient (Wildman–Crippen LogP) is 2.84. The van der Waals surface area contributed by atoms with Gasteiger partial charge in [-0.05, 0) is 12.1 Å². The highest BCUT2D eigenvalue weighted by atomic mass is 79.9. The van der Waals surface area contributed by atoms with Gasteiger partial charge in [-0.1, -0.05) is 31.9 Å². The summed E-state index contributed by atoms with van der Waals surface area (Å²) in [7, 11) is 0. The third-order valence-electron chi connectivity index (χ3n) is 1.26. The average Bonchev–Trinajstić information content (AvgIpc) is 1.85. The van der Waals surface area contributed by atoms with E-state index in [1.165, 1.54) is 6.07 Å². The Morgan fingerprint density at radius 3 is 2.45 bits per heavy atom. The highest BCUT2D eigenvalue weighted by Crippen LogP contribution is 2.24. The fourth-order valence-corrected chi connectivity index (χ4v) is 2.02. The van der Waals surface area contributed by atoms with Crippen molar-refractivity contribution in [2.75, 3.05) is 0 Å². The van der Waals surface area contributed by atoms with Crippen molar-refractivity contribution in [2.24, 2.45) is 0 Å². The molecular weight excluding hydrogens is 279 g/mol. The summed E-state index contributed by atoms with van der Waals surface area (Å²) in [5.41, 5.74) is 0.285. The largest absolute Gasteiger partial charge is 0.392 e. The van der Waals surface area contributed by atoms with Crippen LogP contribution in [0.5, 0.6) is 0 Å². The van der Waals surface area contributed by atoms with Crippen LogP contribution in [-0.4, -0.2) is 5.11 Å². The Hall–Kier alpha value is 0.0700. The molecule has 0 amide bonds. The fourth-order valence-electron chi connectivity index (χ4n) is 0.723. The maximum atomic E-state index is 12.9. The molecule has 0 saturated heterocycles. The summed E-state index contributed by atoms with van der Waals surface area (Å²) in [4.78, 5) is 0. The predicted molar refractivity (Wildman–Crippen MR) is 47.7 cm³/mol. The number of halogens is 3. The first-order valence-corrected chi connectivity index (χ1v) is 4.48. The number of hydrogen-bond donors (Lipinski definition) is 1. The zero-order chi connectivity index (χ0) is 8.43. The van der Waals surface area contributed by atoms with Crippen molar-refractivity contribution in [3.8, 4) is 0 Å². The van der Waals surface area contributed by atoms with Gasteiger partial charge in [-0.15, -0.1) is 0 Å². The average molecular weight is 284 g/mol. The second kappa shape index (κ2) is 3.65. The molecule has 0 aliphatic rings. The summed E-state index contributed by atoms with van der Waals surface area (Å²) in [6.07, 6.45) is 0. The third-order valence-corrected chi connectivity index (χ3v) is 2.43. The molecule has 1 N–H and O–H groups in total. The third kappa shape index (κ3) is 2.01. The zero-order valence-corrected chi connectivity index (χ0v) is 8.61. The fraction of sp³-hybridized carbons (Fsp3) is 0.143. The molecule has 0 radical (unpaired) electrons. The van der Waals surface area contributed by atoms with E-state index in [2.05, 4.69) is 31.9 Å². The number of aliphatic hydroxyl groups is 1. The Kier molecular flexibility index (Phi) is 3.04. The second-order valence-electron chi connectivity index (χ2n) is 2.01. The molecule has 0 aliphatic heterocycles. The van der Waals surface area contributed by atoms with Crippen molar-refractivity contribution in [3.05, 3.63) is 32.5 Å². The normalized spacial score (nSPS) is 10.2. The standard InChI is InChI=1S/C7H5Br2FO/c8-4-1-6(9)5(3-11)7(10)2-4/h1-2,11H,3H2. The van der Waals surface area contributed by atoms with E-state index in [1.54, 1.807) is 6.07 Å². The van der Waals surface area contributed by atoms with E-state index in [0.717, 1.165) is 0 Å². The van der Waals surface area contributed by atoms with Gasteiger partial charge >= 0.3 is 0 Å². The lowest BCUT2D eigenvalue weighted by atomic mass is 10.2. The number of benzene rings is 1. The molecule has 0 aliphatic carbocycles. The van der Waals surface area contributed by atoms with Crippen LogP contribution in [0, 0.1) is 5.82 Å². The first-order valence-electron chi connectivity index (χ1n) is 2.89. The molecule has 0 aromatic heterocycles. The Morgan fingerprint density at radius 1 is 1.36 bits per heavy atom. The summed E-state index contributed by atoms with van der Waals surface area (Å²) >= 11 is 6.25. The van der Waals surface area contributed by atoms with Crippen molar-refractivity contribution in [1.29, 1.82) is 0 Å². The van der Waals surface area contributed by atoms with E-state index < -0.39 is 5.82 Å². The minimum atomic E-state index is -0.409. The van der Waals surface area contributed by atoms with E-state index in [0.29, 0.717) is 8.95 Å². The molecule has 0 atom stereocenters. The smallest absolute Gasteiger partial charge is 0.130 e. The topological polar surface area (TPSA) is 20.2 Å². The van der Waals surface area contributed by atoms with Gasteiger partial charge in [-0.25, -0.2) is 4.39 Å². The van der Waals surface area contributed by atoms with E-state index in [9.17, 15) is 4.39 Å². The molecule has 1 rings (SSSR count). The maximum absolute atomic E-state index is 12.9. The molecule has 0 unspecified atom stereocenters. The summed E-state index contributed by atoms with van der Waals surface area (Å²) in [5.74, 6) is -0.409. The van der Waals surface area contributed by atoms with Crippen LogP contribution < -0.4 is 0 Å². The molecule has 0 bridgehead atoms. The van der Waals surface area contributed by atoms with Gasteiger partial charge in [-0.3, -0.25) is 0 Å². The van der Waals surface area contributed by atoms with Crippen molar-refractivity contribution >= 4 is 31.9 Å². The van der Waals surface area contributed by atoms with Gasteiger partial charge in [0.1, 0.15) is 5.82 Å². The molecule has 0 saturated carbocycles. The summed E-state index contributed by atoms with van der Waals surface area (Å²) < 4.78 is 14.1. The Labute approximate surface area is 80.5 Å². The molecule has 0 fully saturated rings. The van der Waals surface area contributed by atoms with Crippen molar-refractivity contribution in [2.45, 2.75) is 6.61 Å². The van der Waals surface area contributed by atoms with Gasteiger partial charge in [0.25, 0.3) is 0 Å². The van der Waals surface area contributed by atoms with Crippen molar-refractivity contribution in [3.63, 3.8) is 0 Å². The molecule has 11 heavy (non-hydrogen) atoms. The van der Waals surface area contributed by atoms with E-state index in [4.69, 9.17) is 5.11 Å². The highest BCUT2D eigenvalue weighted by molar-refractivity contribution is 9.11. The molecule has 1 aromatic rings. The summed E-state index contributed by atoms with van der Waals surface area (Å²) in [6, 6.07) is 3.00. The molecule has 4 heteroatoms. The van der Waals surface area contributed by atoms with Crippen molar-refractivity contribution < 1.29 is 9.50 Å². The first-order chi connectivity index (χ1) is 5.15. The quantitative estimate of drug-likeness (QED) is 0.840. The SMILES string of the molecule is OCc1c(F)cc(Br)cc1Br. The summed E-state index contributed by atoms with van der Waals surface area (Å²) in [5, 5.41) is 8.70. The number of aliphatic hydroxyl groups excluding tert-OH is 1. The Balaban J connectivity index is 3.25. The van der Waals surface area contributed by atoms with Crippen LogP contribution in [0.25, 0.3) is 0 Å². The first kappa shape index (κ1) is 9.16. The molecule has 0 spiro atoms. The zero-order valence-electron chi connectivity index (χ0n) is 5.44. The minimum absolute atomic E-state index is 0.285. The van der Waals surface area contributed by atoms with E-state index in [1.807, 2.05) is 0 Å². The van der Waals surface area contributed by atoms with Gasteiger partial charge < -0.3 is 5.11 Å². The Bertz CT molecular complexity index is 252. The van der Waals surface area contributed by atoms with Gasteiger partial charge in [0.2, 0.25) is 0 Å². The number of rotatable bonds is 1. The maximum Gasteiger partial charge on any atom is 0.130 e. The van der Waals surface area contributed by atoms with Crippen LogP contribution in [0.4, 0.5) is 4.39 Å². The van der Waals surface area contributed by atoms with Gasteiger partial charge in [-0.2, -0.15) is 0 Å². The van der Waals surface area contributed by atoms with E-state index in [-0.39, 0.29) is 12.2 Å². The number of hydrogen-bond acceptors (Lipinski definition) is 1. The molecular formula is C7H5Br2FO. The molecule has 1 aromatic carbocycles.